The van der Waals surface area contributed by atoms with Gasteiger partial charge in [0, 0.05) is 12.6 Å². The summed E-state index contributed by atoms with van der Waals surface area (Å²) in [6, 6.07) is 4.40. The van der Waals surface area contributed by atoms with Crippen LogP contribution >= 0.6 is 43.6 Å². The molecular formula is C13H19Br2NOS. The summed E-state index contributed by atoms with van der Waals surface area (Å²) in [7, 11) is 0. The molecule has 0 fully saturated rings. The maximum atomic E-state index is 9.63. The molecule has 5 heteroatoms. The highest BCUT2D eigenvalue weighted by Gasteiger charge is 2.07. The maximum absolute atomic E-state index is 9.63. The molecule has 0 aliphatic rings. The Morgan fingerprint density at radius 2 is 1.94 bits per heavy atom. The molecule has 0 aromatic heterocycles. The number of nitrogens with one attached hydrogen (secondary N) is 1. The second-order valence-corrected chi connectivity index (χ2v) is 7.28. The number of benzene rings is 1. The van der Waals surface area contributed by atoms with E-state index in [0.29, 0.717) is 6.04 Å². The first-order chi connectivity index (χ1) is 8.54. The van der Waals surface area contributed by atoms with Crippen LogP contribution in [-0.4, -0.2) is 22.7 Å². The van der Waals surface area contributed by atoms with Crippen molar-refractivity contribution in [1.82, 2.24) is 5.32 Å². The number of hydrogen-bond acceptors (Lipinski definition) is 3. The standard InChI is InChI=1S/C13H19Br2NOS/c1-3-18-5-4-9(2)16-8-10-6-11(14)13(17)12(15)7-10/h6-7,9,16-17H,3-5,8H2,1-2H3. The Balaban J connectivity index is 2.43. The minimum atomic E-state index is 0.256. The molecule has 0 amide bonds. The predicted octanol–water partition coefficient (Wildman–Crippen LogP) is 4.54. The Labute approximate surface area is 130 Å². The van der Waals surface area contributed by atoms with E-state index in [2.05, 4.69) is 51.0 Å². The summed E-state index contributed by atoms with van der Waals surface area (Å²) in [5.74, 6) is 2.64. The summed E-state index contributed by atoms with van der Waals surface area (Å²) in [6.07, 6.45) is 1.18. The van der Waals surface area contributed by atoms with Crippen LogP contribution < -0.4 is 5.32 Å². The number of rotatable bonds is 7. The molecule has 2 N–H and O–H groups in total. The van der Waals surface area contributed by atoms with Crippen molar-refractivity contribution in [1.29, 1.82) is 0 Å². The second-order valence-electron chi connectivity index (χ2n) is 4.18. The zero-order chi connectivity index (χ0) is 13.5. The molecule has 0 spiro atoms. The molecule has 2 nitrogen and oxygen atoms in total. The van der Waals surface area contributed by atoms with E-state index in [1.807, 2.05) is 23.9 Å². The lowest BCUT2D eigenvalue weighted by molar-refractivity contribution is 0.467. The molecule has 0 aliphatic carbocycles. The van der Waals surface area contributed by atoms with Crippen LogP contribution in [0.15, 0.2) is 21.1 Å². The van der Waals surface area contributed by atoms with Crippen LogP contribution in [0.1, 0.15) is 25.8 Å². The number of phenolic OH excluding ortho intramolecular Hbond substituents is 1. The fourth-order valence-corrected chi connectivity index (χ4v) is 3.61. The van der Waals surface area contributed by atoms with Gasteiger partial charge in [0.05, 0.1) is 8.95 Å². The van der Waals surface area contributed by atoms with E-state index in [1.54, 1.807) is 0 Å². The number of halogens is 2. The lowest BCUT2D eigenvalue weighted by Crippen LogP contribution is -2.26. The highest BCUT2D eigenvalue weighted by Crippen LogP contribution is 2.33. The van der Waals surface area contributed by atoms with Gasteiger partial charge in [0.25, 0.3) is 0 Å². The van der Waals surface area contributed by atoms with E-state index >= 15 is 0 Å². The highest BCUT2D eigenvalue weighted by molar-refractivity contribution is 9.11. The molecule has 1 aromatic carbocycles. The molecule has 1 rings (SSSR count). The summed E-state index contributed by atoms with van der Waals surface area (Å²) in [6.45, 7) is 5.21. The normalized spacial score (nSPS) is 12.7. The van der Waals surface area contributed by atoms with Crippen molar-refractivity contribution in [3.8, 4) is 5.75 Å². The van der Waals surface area contributed by atoms with Gasteiger partial charge >= 0.3 is 0 Å². The van der Waals surface area contributed by atoms with Crippen molar-refractivity contribution in [2.75, 3.05) is 11.5 Å². The molecule has 18 heavy (non-hydrogen) atoms. The van der Waals surface area contributed by atoms with E-state index in [4.69, 9.17) is 0 Å². The molecular weight excluding hydrogens is 378 g/mol. The van der Waals surface area contributed by atoms with Crippen LogP contribution in [0.25, 0.3) is 0 Å². The zero-order valence-corrected chi connectivity index (χ0v) is 14.7. The maximum Gasteiger partial charge on any atom is 0.143 e. The summed E-state index contributed by atoms with van der Waals surface area (Å²) in [5, 5.41) is 13.1. The largest absolute Gasteiger partial charge is 0.506 e. The Bertz CT molecular complexity index is 364. The molecule has 0 heterocycles. The van der Waals surface area contributed by atoms with E-state index in [-0.39, 0.29) is 5.75 Å². The van der Waals surface area contributed by atoms with Crippen LogP contribution in [0.3, 0.4) is 0 Å². The van der Waals surface area contributed by atoms with Crippen LogP contribution in [0.4, 0.5) is 0 Å². The first-order valence-electron chi connectivity index (χ1n) is 6.02. The van der Waals surface area contributed by atoms with Gasteiger partial charge in [-0.2, -0.15) is 11.8 Å². The number of aromatic hydroxyl groups is 1. The van der Waals surface area contributed by atoms with Gasteiger partial charge in [-0.3, -0.25) is 0 Å². The topological polar surface area (TPSA) is 32.3 Å². The van der Waals surface area contributed by atoms with Crippen molar-refractivity contribution in [2.45, 2.75) is 32.9 Å². The SMILES string of the molecule is CCSCCC(C)NCc1cc(Br)c(O)c(Br)c1. The van der Waals surface area contributed by atoms with Gasteiger partial charge in [0.2, 0.25) is 0 Å². The lowest BCUT2D eigenvalue weighted by Gasteiger charge is -2.14. The Morgan fingerprint density at radius 3 is 2.50 bits per heavy atom. The van der Waals surface area contributed by atoms with Crippen LogP contribution in [0.5, 0.6) is 5.75 Å². The van der Waals surface area contributed by atoms with Crippen LogP contribution in [0, 0.1) is 0 Å². The third-order valence-corrected chi connectivity index (χ3v) is 4.77. The molecule has 0 saturated carbocycles. The summed E-state index contributed by atoms with van der Waals surface area (Å²) >= 11 is 8.67. The van der Waals surface area contributed by atoms with E-state index in [9.17, 15) is 5.11 Å². The third kappa shape index (κ3) is 5.51. The van der Waals surface area contributed by atoms with Crippen molar-refractivity contribution >= 4 is 43.6 Å². The van der Waals surface area contributed by atoms with Gasteiger partial charge in [-0.1, -0.05) is 6.92 Å². The Hall–Kier alpha value is 0.290. The number of hydrogen-bond donors (Lipinski definition) is 2. The first kappa shape index (κ1) is 16.3. The molecule has 0 aliphatic heterocycles. The summed E-state index contributed by atoms with van der Waals surface area (Å²) in [5.41, 5.74) is 1.15. The van der Waals surface area contributed by atoms with Crippen LogP contribution in [0.2, 0.25) is 0 Å². The first-order valence-corrected chi connectivity index (χ1v) is 8.76. The van der Waals surface area contributed by atoms with Gasteiger partial charge in [0.15, 0.2) is 0 Å². The molecule has 0 saturated heterocycles. The summed E-state index contributed by atoms with van der Waals surface area (Å²) < 4.78 is 1.45. The third-order valence-electron chi connectivity index (χ3n) is 2.63. The number of phenols is 1. The highest BCUT2D eigenvalue weighted by atomic mass is 79.9. The molecule has 1 atom stereocenters. The fraction of sp³-hybridized carbons (Fsp3) is 0.538. The van der Waals surface area contributed by atoms with Gasteiger partial charge in [-0.15, -0.1) is 0 Å². The van der Waals surface area contributed by atoms with Gasteiger partial charge < -0.3 is 10.4 Å². The lowest BCUT2D eigenvalue weighted by atomic mass is 10.2. The predicted molar refractivity (Wildman–Crippen MR) is 87.4 cm³/mol. The van der Waals surface area contributed by atoms with Gasteiger partial charge in [-0.05, 0) is 74.4 Å². The van der Waals surface area contributed by atoms with Crippen molar-refractivity contribution in [3.63, 3.8) is 0 Å². The zero-order valence-electron chi connectivity index (χ0n) is 10.7. The smallest absolute Gasteiger partial charge is 0.143 e. The average molecular weight is 397 g/mol. The average Bonchev–Trinajstić information content (AvgIpc) is 2.33. The molecule has 0 bridgehead atoms. The molecule has 1 aromatic rings. The van der Waals surface area contributed by atoms with Crippen molar-refractivity contribution < 1.29 is 5.11 Å². The second kappa shape index (κ2) is 8.46. The minimum Gasteiger partial charge on any atom is -0.506 e. The Morgan fingerprint density at radius 1 is 1.33 bits per heavy atom. The monoisotopic (exact) mass is 395 g/mol. The van der Waals surface area contributed by atoms with E-state index in [0.717, 1.165) is 21.1 Å². The fourth-order valence-electron chi connectivity index (χ4n) is 1.52. The molecule has 0 radical (unpaired) electrons. The molecule has 1 unspecified atom stereocenters. The van der Waals surface area contributed by atoms with Crippen molar-refractivity contribution in [3.05, 3.63) is 26.6 Å². The number of thioether (sulfide) groups is 1. The van der Waals surface area contributed by atoms with E-state index in [1.165, 1.54) is 17.9 Å². The van der Waals surface area contributed by atoms with Gasteiger partial charge in [-0.25, -0.2) is 0 Å². The van der Waals surface area contributed by atoms with Crippen LogP contribution in [-0.2, 0) is 6.54 Å². The quantitative estimate of drug-likeness (QED) is 0.663. The van der Waals surface area contributed by atoms with E-state index < -0.39 is 0 Å². The van der Waals surface area contributed by atoms with Crippen molar-refractivity contribution in [2.24, 2.45) is 0 Å². The minimum absolute atomic E-state index is 0.256. The van der Waals surface area contributed by atoms with Gasteiger partial charge in [0.1, 0.15) is 5.75 Å². The summed E-state index contributed by atoms with van der Waals surface area (Å²) in [4.78, 5) is 0. The molecule has 102 valence electrons. The Kier molecular flexibility index (Phi) is 7.68.